The molecular weight excluding hydrogens is 1130 g/mol. The molecule has 0 spiro atoms. The van der Waals surface area contributed by atoms with Gasteiger partial charge in [0.25, 0.3) is 0 Å². The minimum absolute atomic E-state index is 0.00144. The van der Waals surface area contributed by atoms with Gasteiger partial charge in [-0.1, -0.05) is 142 Å². The largest absolute Gasteiger partial charge is 0.459 e. The third kappa shape index (κ3) is 14.7. The number of alkyl halides is 1. The summed E-state index contributed by atoms with van der Waals surface area (Å²) in [4.78, 5) is 104. The van der Waals surface area contributed by atoms with E-state index in [1.165, 1.54) is 97.1 Å². The van der Waals surface area contributed by atoms with Gasteiger partial charge in [0, 0.05) is 5.02 Å². The van der Waals surface area contributed by atoms with Gasteiger partial charge in [-0.2, -0.15) is 0 Å². The van der Waals surface area contributed by atoms with Gasteiger partial charge >= 0.3 is 41.8 Å². The Labute approximate surface area is 476 Å². The second kappa shape index (κ2) is 27.3. The molecule has 0 bridgehead atoms. The minimum atomic E-state index is -2.04. The molecule has 20 heteroatoms. The monoisotopic (exact) mass is 1180 g/mol. The fourth-order valence-corrected chi connectivity index (χ4v) is 9.15. The van der Waals surface area contributed by atoms with Gasteiger partial charge in [0.1, 0.15) is 37.2 Å². The molecular formula is C61H47BrClNO17. The van der Waals surface area contributed by atoms with E-state index in [9.17, 15) is 33.6 Å². The van der Waals surface area contributed by atoms with Crippen LogP contribution in [0.25, 0.3) is 0 Å². The van der Waals surface area contributed by atoms with Crippen LogP contribution in [0.5, 0.6) is 0 Å². The van der Waals surface area contributed by atoms with E-state index >= 15 is 0 Å². The molecule has 18 nitrogen and oxygen atoms in total. The zero-order valence-corrected chi connectivity index (χ0v) is 44.7. The molecule has 0 radical (unpaired) electrons. The summed E-state index contributed by atoms with van der Waals surface area (Å²) in [5.41, 5.74) is 0.0788. The Bertz CT molecular complexity index is 3330. The molecule has 2 aliphatic rings. The van der Waals surface area contributed by atoms with Gasteiger partial charge in [-0.05, 0) is 97.1 Å². The number of esters is 6. The van der Waals surface area contributed by atoms with Gasteiger partial charge in [0.2, 0.25) is 0 Å². The predicted octanol–water partition coefficient (Wildman–Crippen LogP) is 9.70. The number of carbonyl (C=O) groups excluding carboxylic acids is 7. The maximum atomic E-state index is 14.5. The topological polar surface area (TPSA) is 224 Å². The lowest BCUT2D eigenvalue weighted by molar-refractivity contribution is -0.322. The van der Waals surface area contributed by atoms with Crippen LogP contribution in [0.1, 0.15) is 72.5 Å². The quantitative estimate of drug-likeness (QED) is 0.0256. The summed E-state index contributed by atoms with van der Waals surface area (Å²) in [6.45, 7) is -1.39. The first-order valence-corrected chi connectivity index (χ1v) is 26.3. The Kier molecular flexibility index (Phi) is 19.2. The van der Waals surface area contributed by atoms with E-state index in [1.54, 1.807) is 109 Å². The summed E-state index contributed by atoms with van der Waals surface area (Å²) in [7, 11) is 0. The number of rotatable bonds is 18. The van der Waals surface area contributed by atoms with Crippen LogP contribution in [0.15, 0.2) is 211 Å². The van der Waals surface area contributed by atoms with Crippen molar-refractivity contribution in [1.29, 1.82) is 0 Å². The van der Waals surface area contributed by atoms with Crippen LogP contribution in [0.4, 0.5) is 0 Å². The first-order valence-electron chi connectivity index (χ1n) is 25.0. The SMILES string of the molecule is O=C(OC[C@H]1O[C@@H](O[C@H]2[C@H](OC(=O)c3ccccc3)/C(=N/OC(=O)c3ccc(Cl)cc3)[C@@H](Br)O[C@@H]2COC(=O)c2ccccc2)[C@H](OC(=O)c2ccccc2)[C@@H](OC(=O)c2ccccc2)[C@H]1OC(=O)c1ccccc1)c1ccccc1. The van der Waals surface area contributed by atoms with E-state index in [2.05, 4.69) is 21.1 Å². The van der Waals surface area contributed by atoms with Gasteiger partial charge in [-0.25, -0.2) is 33.6 Å². The Morgan fingerprint density at radius 3 is 1.16 bits per heavy atom. The second-order valence-corrected chi connectivity index (χ2v) is 19.1. The van der Waals surface area contributed by atoms with E-state index in [4.69, 9.17) is 59.1 Å². The van der Waals surface area contributed by atoms with Crippen molar-refractivity contribution < 1.29 is 81.0 Å². The number of carbonyl (C=O) groups is 7. The highest BCUT2D eigenvalue weighted by Crippen LogP contribution is 2.36. The van der Waals surface area contributed by atoms with Crippen LogP contribution in [0, 0.1) is 0 Å². The molecule has 7 aromatic rings. The summed E-state index contributed by atoms with van der Waals surface area (Å²) in [5.74, 6) is -6.55. The lowest BCUT2D eigenvalue weighted by Crippen LogP contribution is -2.66. The van der Waals surface area contributed by atoms with Crippen molar-refractivity contribution in [3.05, 3.63) is 250 Å². The molecule has 81 heavy (non-hydrogen) atoms. The number of benzene rings is 7. The molecule has 412 valence electrons. The summed E-state index contributed by atoms with van der Waals surface area (Å²) < 4.78 is 56.7. The zero-order valence-electron chi connectivity index (χ0n) is 42.4. The van der Waals surface area contributed by atoms with E-state index in [0.717, 1.165) is 0 Å². The fourth-order valence-electron chi connectivity index (χ4n) is 8.40. The highest BCUT2D eigenvalue weighted by Gasteiger charge is 2.57. The third-order valence-corrected chi connectivity index (χ3v) is 13.4. The highest BCUT2D eigenvalue weighted by molar-refractivity contribution is 9.09. The summed E-state index contributed by atoms with van der Waals surface area (Å²) in [5, 5.41) is 3.10. The molecule has 7 aromatic carbocycles. The van der Waals surface area contributed by atoms with Crippen LogP contribution in [0.3, 0.4) is 0 Å². The van der Waals surface area contributed by atoms with Crippen molar-refractivity contribution in [2.75, 3.05) is 13.2 Å². The van der Waals surface area contributed by atoms with Crippen molar-refractivity contribution in [2.45, 2.75) is 54.0 Å². The third-order valence-electron chi connectivity index (χ3n) is 12.5. The molecule has 0 unspecified atom stereocenters. The first kappa shape index (κ1) is 56.9. The lowest BCUT2D eigenvalue weighted by Gasteiger charge is -2.47. The second-order valence-electron chi connectivity index (χ2n) is 17.9. The molecule has 9 atom stereocenters. The molecule has 0 aromatic heterocycles. The van der Waals surface area contributed by atoms with E-state index in [0.29, 0.717) is 5.02 Å². The average Bonchev–Trinajstić information content (AvgIpc) is 3.51. The number of halogens is 2. The summed E-state index contributed by atoms with van der Waals surface area (Å²) >= 11 is 9.53. The lowest BCUT2D eigenvalue weighted by atomic mass is 9.96. The Morgan fingerprint density at radius 2 is 0.741 bits per heavy atom. The smallest absolute Gasteiger partial charge is 0.365 e. The molecule has 2 saturated heterocycles. The maximum absolute atomic E-state index is 14.5. The molecule has 0 amide bonds. The van der Waals surface area contributed by atoms with Gasteiger partial charge in [0.15, 0.2) is 35.7 Å². The standard InChI is InChI=1S/C61H47BrClNO17/c62-53-47(64-81-60(71)43-31-33-44(63)34-32-43)50(77-57(68)40-25-13-4-14-26-40)48(45(74-53)35-72-54(65)37-19-7-1-8-20-37)80-61-52(79-59(70)42-29-17-6-18-30-42)51(78-58(69)41-27-15-5-16-28-41)49(76-56(67)39-23-11-3-12-24-39)46(75-61)36-73-55(66)38-21-9-2-10-22-38/h1-34,45-46,48-53,61H,35-36H2/b64-47-/t45-,46-,48-,49+,50-,51+,52-,53+,61+/m1/s1. The first-order chi connectivity index (χ1) is 39.4. The number of nitrogens with zero attached hydrogens (tertiary/aromatic N) is 1. The van der Waals surface area contributed by atoms with Crippen molar-refractivity contribution in [3.63, 3.8) is 0 Å². The Balaban J connectivity index is 1.19. The molecule has 2 fully saturated rings. The van der Waals surface area contributed by atoms with Crippen LogP contribution in [0.2, 0.25) is 5.02 Å². The van der Waals surface area contributed by atoms with Gasteiger partial charge in [0.05, 0.1) is 38.9 Å². The number of hydrogen-bond acceptors (Lipinski definition) is 18. The maximum Gasteiger partial charge on any atom is 0.365 e. The van der Waals surface area contributed by atoms with Gasteiger partial charge in [-0.3, -0.25) is 0 Å². The molecule has 9 rings (SSSR count). The Hall–Kier alpha value is -8.85. The zero-order chi connectivity index (χ0) is 56.7. The van der Waals surface area contributed by atoms with Crippen LogP contribution >= 0.6 is 27.5 Å². The van der Waals surface area contributed by atoms with Crippen molar-refractivity contribution in [1.82, 2.24) is 0 Å². The average molecular weight is 1180 g/mol. The van der Waals surface area contributed by atoms with Gasteiger partial charge < -0.3 is 47.5 Å². The molecule has 0 N–H and O–H groups in total. The van der Waals surface area contributed by atoms with Crippen molar-refractivity contribution >= 4 is 75.0 Å². The number of ether oxygens (including phenoxy) is 9. The molecule has 2 aliphatic heterocycles. The van der Waals surface area contributed by atoms with Crippen LogP contribution in [-0.4, -0.2) is 115 Å². The highest BCUT2D eigenvalue weighted by atomic mass is 79.9. The van der Waals surface area contributed by atoms with Crippen molar-refractivity contribution in [2.24, 2.45) is 5.16 Å². The fraction of sp³-hybridized carbons (Fsp3) is 0.180. The molecule has 0 aliphatic carbocycles. The van der Waals surface area contributed by atoms with E-state index in [-0.39, 0.29) is 44.7 Å². The van der Waals surface area contributed by atoms with Gasteiger partial charge in [-0.15, -0.1) is 0 Å². The number of oxime groups is 1. The summed E-state index contributed by atoms with van der Waals surface area (Å²) in [6, 6.07) is 52.5. The Morgan fingerprint density at radius 1 is 0.395 bits per heavy atom. The molecule has 0 saturated carbocycles. The molecule has 2 heterocycles. The number of hydrogen-bond donors (Lipinski definition) is 0. The normalized spacial score (nSPS) is 21.8. The van der Waals surface area contributed by atoms with Crippen molar-refractivity contribution in [3.8, 4) is 0 Å². The predicted molar refractivity (Wildman–Crippen MR) is 291 cm³/mol. The van der Waals surface area contributed by atoms with E-state index < -0.39 is 109 Å². The van der Waals surface area contributed by atoms with Crippen LogP contribution < -0.4 is 0 Å². The van der Waals surface area contributed by atoms with Crippen LogP contribution in [-0.2, 0) is 47.5 Å². The minimum Gasteiger partial charge on any atom is -0.459 e. The summed E-state index contributed by atoms with van der Waals surface area (Å²) in [6.07, 6.45) is -14.5. The van der Waals surface area contributed by atoms with E-state index in [1.807, 2.05) is 0 Å².